The molecule has 0 rings (SSSR count). The summed E-state index contributed by atoms with van der Waals surface area (Å²) in [6.07, 6.45) is -0.336. The van der Waals surface area contributed by atoms with Crippen LogP contribution in [0.2, 0.25) is 0 Å². The van der Waals surface area contributed by atoms with Gasteiger partial charge in [0.25, 0.3) is 0 Å². The highest BCUT2D eigenvalue weighted by atomic mass is 16.6. The van der Waals surface area contributed by atoms with Crippen molar-refractivity contribution in [1.82, 2.24) is 0 Å². The molecule has 0 radical (unpaired) electrons. The first kappa shape index (κ1) is 30.0. The third-order valence-electron chi connectivity index (χ3n) is 3.22. The van der Waals surface area contributed by atoms with E-state index in [4.69, 9.17) is 18.9 Å². The largest absolute Gasteiger partial charge is 0.462 e. The normalized spacial score (nSPS) is 11.4. The lowest BCUT2D eigenvalue weighted by atomic mass is 10.3. The number of carbonyl (C=O) groups is 4. The molecule has 8 nitrogen and oxygen atoms in total. The van der Waals surface area contributed by atoms with Crippen LogP contribution in [0.5, 0.6) is 0 Å². The van der Waals surface area contributed by atoms with Gasteiger partial charge in [-0.15, -0.1) is 0 Å². The van der Waals surface area contributed by atoms with Crippen LogP contribution in [0.3, 0.4) is 0 Å². The number of hydrogen-bond donors (Lipinski definition) is 0. The first-order valence-electron chi connectivity index (χ1n) is 9.57. The molecule has 0 N–H and O–H groups in total. The molecule has 0 aromatic heterocycles. The van der Waals surface area contributed by atoms with Crippen LogP contribution in [0.4, 0.5) is 0 Å². The Kier molecular flexibility index (Phi) is 15.2. The standard InChI is InChI=1S/C12H18O4.C11H16O4/c1-8(2)11(13)15-7-6-10(5)16-12(14)9(3)4;1-7(2)10(12)14-6-9(5)15-11(13)8(3)4/h10H,1,3,6-7H2,2,4-5H3;9H,1,3,6H2,2,4-5H3. The molecule has 0 saturated carbocycles. The molecule has 0 aliphatic carbocycles. The summed E-state index contributed by atoms with van der Waals surface area (Å²) in [6.45, 7) is 23.6. The summed E-state index contributed by atoms with van der Waals surface area (Å²) in [6, 6.07) is 0. The number of ether oxygens (including phenoxy) is 4. The van der Waals surface area contributed by atoms with Gasteiger partial charge in [0.2, 0.25) is 0 Å². The van der Waals surface area contributed by atoms with Gasteiger partial charge in [-0.05, 0) is 41.5 Å². The maximum atomic E-state index is 11.1. The minimum Gasteiger partial charge on any atom is -0.462 e. The molecule has 0 amide bonds. The predicted octanol–water partition coefficient (Wildman–Crippen LogP) is 3.62. The van der Waals surface area contributed by atoms with Crippen molar-refractivity contribution >= 4 is 23.9 Å². The van der Waals surface area contributed by atoms with Crippen molar-refractivity contribution in [2.45, 2.75) is 60.2 Å². The van der Waals surface area contributed by atoms with E-state index in [0.29, 0.717) is 28.7 Å². The lowest BCUT2D eigenvalue weighted by Crippen LogP contribution is -2.22. The Balaban J connectivity index is 0. The molecule has 0 aromatic carbocycles. The highest BCUT2D eigenvalue weighted by molar-refractivity contribution is 5.88. The van der Waals surface area contributed by atoms with Gasteiger partial charge in [0.05, 0.1) is 6.61 Å². The van der Waals surface area contributed by atoms with E-state index in [1.807, 2.05) is 0 Å². The Morgan fingerprint density at radius 3 is 1.35 bits per heavy atom. The monoisotopic (exact) mass is 438 g/mol. The number of carbonyl (C=O) groups excluding carboxylic acids is 4. The van der Waals surface area contributed by atoms with E-state index in [1.54, 1.807) is 41.5 Å². The molecule has 2 unspecified atom stereocenters. The Bertz CT molecular complexity index is 717. The molecule has 0 aliphatic rings. The van der Waals surface area contributed by atoms with Crippen molar-refractivity contribution in [2.75, 3.05) is 13.2 Å². The van der Waals surface area contributed by atoms with Gasteiger partial charge in [0.15, 0.2) is 0 Å². The second kappa shape index (κ2) is 15.6. The second-order valence-electron chi connectivity index (χ2n) is 7.08. The third-order valence-corrected chi connectivity index (χ3v) is 3.22. The second-order valence-corrected chi connectivity index (χ2v) is 7.08. The molecule has 31 heavy (non-hydrogen) atoms. The van der Waals surface area contributed by atoms with E-state index < -0.39 is 30.0 Å². The minimum absolute atomic E-state index is 0.0186. The van der Waals surface area contributed by atoms with Crippen LogP contribution in [-0.2, 0) is 38.1 Å². The highest BCUT2D eigenvalue weighted by Crippen LogP contribution is 2.04. The summed E-state index contributed by atoms with van der Waals surface area (Å²) in [7, 11) is 0. The van der Waals surface area contributed by atoms with Gasteiger partial charge in [-0.2, -0.15) is 0 Å². The van der Waals surface area contributed by atoms with Crippen molar-refractivity contribution in [3.05, 3.63) is 48.6 Å². The van der Waals surface area contributed by atoms with Crippen LogP contribution in [0.15, 0.2) is 48.6 Å². The summed E-state index contributed by atoms with van der Waals surface area (Å²) in [5, 5.41) is 0. The molecule has 174 valence electrons. The molecular formula is C23H34O8. The number of hydrogen-bond acceptors (Lipinski definition) is 8. The van der Waals surface area contributed by atoms with Crippen LogP contribution >= 0.6 is 0 Å². The number of esters is 4. The Morgan fingerprint density at radius 1 is 0.613 bits per heavy atom. The molecule has 0 saturated heterocycles. The molecule has 0 heterocycles. The average molecular weight is 439 g/mol. The fourth-order valence-corrected chi connectivity index (χ4v) is 1.42. The maximum Gasteiger partial charge on any atom is 0.333 e. The lowest BCUT2D eigenvalue weighted by molar-refractivity contribution is -0.152. The van der Waals surface area contributed by atoms with Crippen LogP contribution in [0, 0.1) is 0 Å². The maximum absolute atomic E-state index is 11.1. The van der Waals surface area contributed by atoms with Crippen LogP contribution < -0.4 is 0 Å². The van der Waals surface area contributed by atoms with E-state index >= 15 is 0 Å². The van der Waals surface area contributed by atoms with E-state index in [0.717, 1.165) is 0 Å². The third kappa shape index (κ3) is 16.3. The van der Waals surface area contributed by atoms with Gasteiger partial charge in [-0.1, -0.05) is 26.3 Å². The van der Waals surface area contributed by atoms with E-state index in [-0.39, 0.29) is 19.3 Å². The van der Waals surface area contributed by atoms with Crippen molar-refractivity contribution in [1.29, 1.82) is 0 Å². The summed E-state index contributed by atoms with van der Waals surface area (Å²) in [5.74, 6) is -1.85. The molecule has 2 atom stereocenters. The van der Waals surface area contributed by atoms with E-state index in [9.17, 15) is 19.2 Å². The quantitative estimate of drug-likeness (QED) is 0.274. The zero-order valence-electron chi connectivity index (χ0n) is 19.4. The summed E-state index contributed by atoms with van der Waals surface area (Å²) < 4.78 is 19.6. The first-order valence-corrected chi connectivity index (χ1v) is 9.57. The molecule has 8 heteroatoms. The predicted molar refractivity (Wildman–Crippen MR) is 117 cm³/mol. The van der Waals surface area contributed by atoms with Crippen molar-refractivity contribution < 1.29 is 38.1 Å². The minimum atomic E-state index is -0.492. The zero-order chi connectivity index (χ0) is 24.7. The molecule has 0 bridgehead atoms. The van der Waals surface area contributed by atoms with Crippen molar-refractivity contribution in [3.63, 3.8) is 0 Å². The zero-order valence-corrected chi connectivity index (χ0v) is 19.4. The fraction of sp³-hybridized carbons (Fsp3) is 0.478. The molecule has 0 spiro atoms. The van der Waals surface area contributed by atoms with Gasteiger partial charge in [-0.3, -0.25) is 0 Å². The molecule has 0 aromatic rings. The smallest absolute Gasteiger partial charge is 0.333 e. The fourth-order valence-electron chi connectivity index (χ4n) is 1.42. The SMILES string of the molecule is C=C(C)C(=O)OCC(C)OC(=O)C(=C)C.C=C(C)C(=O)OCCC(C)OC(=O)C(=C)C. The van der Waals surface area contributed by atoms with Gasteiger partial charge < -0.3 is 18.9 Å². The average Bonchev–Trinajstić information content (AvgIpc) is 2.65. The van der Waals surface area contributed by atoms with Crippen LogP contribution in [-0.4, -0.2) is 49.3 Å². The van der Waals surface area contributed by atoms with E-state index in [1.165, 1.54) is 0 Å². The Morgan fingerprint density at radius 2 is 0.968 bits per heavy atom. The molecule has 0 aliphatic heterocycles. The van der Waals surface area contributed by atoms with Gasteiger partial charge >= 0.3 is 23.9 Å². The summed E-state index contributed by atoms with van der Waals surface area (Å²) in [5.41, 5.74) is 1.33. The summed E-state index contributed by atoms with van der Waals surface area (Å²) >= 11 is 0. The van der Waals surface area contributed by atoms with Crippen molar-refractivity contribution in [3.8, 4) is 0 Å². The Hall–Kier alpha value is -3.16. The van der Waals surface area contributed by atoms with Crippen molar-refractivity contribution in [2.24, 2.45) is 0 Å². The molecule has 0 fully saturated rings. The lowest BCUT2D eigenvalue weighted by Gasteiger charge is -2.13. The van der Waals surface area contributed by atoms with Crippen LogP contribution in [0.25, 0.3) is 0 Å². The first-order chi connectivity index (χ1) is 14.2. The van der Waals surface area contributed by atoms with E-state index in [2.05, 4.69) is 26.3 Å². The highest BCUT2D eigenvalue weighted by Gasteiger charge is 2.13. The van der Waals surface area contributed by atoms with Crippen LogP contribution in [0.1, 0.15) is 48.0 Å². The van der Waals surface area contributed by atoms with Gasteiger partial charge in [-0.25, -0.2) is 19.2 Å². The summed E-state index contributed by atoms with van der Waals surface area (Å²) in [4.78, 5) is 44.2. The Labute approximate surface area is 184 Å². The van der Waals surface area contributed by atoms with Gasteiger partial charge in [0.1, 0.15) is 18.8 Å². The molecular weight excluding hydrogens is 404 g/mol. The number of rotatable bonds is 11. The topological polar surface area (TPSA) is 105 Å². The van der Waals surface area contributed by atoms with Gasteiger partial charge in [0, 0.05) is 28.7 Å².